The van der Waals surface area contributed by atoms with Crippen LogP contribution in [0.3, 0.4) is 0 Å². The summed E-state index contributed by atoms with van der Waals surface area (Å²) >= 11 is 0. The Hall–Kier alpha value is -2.68. The zero-order valence-electron chi connectivity index (χ0n) is 19.3. The molecule has 1 N–H and O–H groups in total. The molecule has 0 bridgehead atoms. The summed E-state index contributed by atoms with van der Waals surface area (Å²) in [6.45, 7) is 3.98. The fourth-order valence-electron chi connectivity index (χ4n) is 5.19. The first-order chi connectivity index (χ1) is 15.9. The predicted octanol–water partition coefficient (Wildman–Crippen LogP) is 3.70. The van der Waals surface area contributed by atoms with E-state index in [1.165, 1.54) is 0 Å². The standard InChI is InChI=1S/C25H29F3N2O4/c1-23(2)13-18-21(19(31)14-23)24(25(26,27)28,22(33)30(18)15-17-9-6-12-34-17)29-20(32)11-10-16-7-4-3-5-8-16/h3-5,7-8,17H,6,9-15H2,1-2H3,(H,29,32)/t17-,24-/m0/s1. The minimum Gasteiger partial charge on any atom is -0.376 e. The summed E-state index contributed by atoms with van der Waals surface area (Å²) in [7, 11) is 0. The second-order valence-corrected chi connectivity index (χ2v) is 10.1. The maximum Gasteiger partial charge on any atom is 0.425 e. The number of allylic oxidation sites excluding steroid dienone is 1. The minimum absolute atomic E-state index is 0.0578. The van der Waals surface area contributed by atoms with Crippen LogP contribution in [0.25, 0.3) is 0 Å². The Morgan fingerprint density at radius 2 is 1.88 bits per heavy atom. The molecule has 0 saturated carbocycles. The highest BCUT2D eigenvalue weighted by Crippen LogP contribution is 2.51. The van der Waals surface area contributed by atoms with Gasteiger partial charge in [0.1, 0.15) is 0 Å². The monoisotopic (exact) mass is 478 g/mol. The molecule has 6 nitrogen and oxygen atoms in total. The van der Waals surface area contributed by atoms with Gasteiger partial charge in [-0.05, 0) is 36.7 Å². The number of Topliss-reactive ketones (excluding diaryl/α,β-unsaturated/α-hetero) is 1. The quantitative estimate of drug-likeness (QED) is 0.677. The van der Waals surface area contributed by atoms with Crippen LogP contribution in [-0.4, -0.2) is 53.5 Å². The minimum atomic E-state index is -5.19. The molecule has 2 aliphatic heterocycles. The van der Waals surface area contributed by atoms with Crippen molar-refractivity contribution in [2.75, 3.05) is 13.2 Å². The molecule has 9 heteroatoms. The Kier molecular flexibility index (Phi) is 6.35. The van der Waals surface area contributed by atoms with Crippen LogP contribution in [0.2, 0.25) is 0 Å². The smallest absolute Gasteiger partial charge is 0.376 e. The number of alkyl halides is 3. The van der Waals surface area contributed by atoms with Crippen molar-refractivity contribution in [1.29, 1.82) is 0 Å². The summed E-state index contributed by atoms with van der Waals surface area (Å²) in [5.41, 5.74) is -3.77. The van der Waals surface area contributed by atoms with Gasteiger partial charge in [-0.2, -0.15) is 13.2 Å². The van der Waals surface area contributed by atoms with Crippen molar-refractivity contribution in [2.24, 2.45) is 5.41 Å². The molecular formula is C25H29F3N2O4. The summed E-state index contributed by atoms with van der Waals surface area (Å²) in [6.07, 6.45) is -4.26. The average Bonchev–Trinajstić information content (AvgIpc) is 3.33. The van der Waals surface area contributed by atoms with Crippen LogP contribution in [0.4, 0.5) is 13.2 Å². The van der Waals surface area contributed by atoms with Gasteiger partial charge in [0.25, 0.3) is 5.91 Å². The molecule has 3 aliphatic rings. The fraction of sp³-hybridized carbons (Fsp3) is 0.560. The first kappa shape index (κ1) is 24.4. The number of benzene rings is 1. The lowest BCUT2D eigenvalue weighted by molar-refractivity contribution is -0.195. The predicted molar refractivity (Wildman–Crippen MR) is 117 cm³/mol. The van der Waals surface area contributed by atoms with Gasteiger partial charge in [-0.3, -0.25) is 14.4 Å². The van der Waals surface area contributed by atoms with Gasteiger partial charge < -0.3 is 15.0 Å². The van der Waals surface area contributed by atoms with Gasteiger partial charge in [0.2, 0.25) is 11.4 Å². The van der Waals surface area contributed by atoms with Gasteiger partial charge in [0.05, 0.1) is 18.2 Å². The highest BCUT2D eigenvalue weighted by Gasteiger charge is 2.71. The summed E-state index contributed by atoms with van der Waals surface area (Å²) in [5, 5.41) is 1.99. The third-order valence-electron chi connectivity index (χ3n) is 6.77. The number of aryl methyl sites for hydroxylation is 1. The molecule has 4 rings (SSSR count). The van der Waals surface area contributed by atoms with E-state index in [1.54, 1.807) is 44.2 Å². The van der Waals surface area contributed by atoms with E-state index in [1.807, 2.05) is 5.32 Å². The first-order valence-corrected chi connectivity index (χ1v) is 11.6. The van der Waals surface area contributed by atoms with E-state index in [0.717, 1.165) is 16.9 Å². The molecule has 1 aromatic rings. The molecule has 1 aromatic carbocycles. The third kappa shape index (κ3) is 4.37. The van der Waals surface area contributed by atoms with E-state index in [4.69, 9.17) is 4.74 Å². The topological polar surface area (TPSA) is 75.7 Å². The second kappa shape index (κ2) is 8.83. The summed E-state index contributed by atoms with van der Waals surface area (Å²) in [6, 6.07) is 8.88. The number of nitrogens with one attached hydrogen (secondary N) is 1. The largest absolute Gasteiger partial charge is 0.425 e. The highest BCUT2D eigenvalue weighted by atomic mass is 19.4. The molecule has 0 aromatic heterocycles. The van der Waals surface area contributed by atoms with Crippen molar-refractivity contribution in [1.82, 2.24) is 10.2 Å². The van der Waals surface area contributed by atoms with Crippen molar-refractivity contribution in [3.63, 3.8) is 0 Å². The molecule has 34 heavy (non-hydrogen) atoms. The molecular weight excluding hydrogens is 449 g/mol. The van der Waals surface area contributed by atoms with E-state index in [0.29, 0.717) is 13.0 Å². The Labute approximate surface area is 196 Å². The molecule has 2 atom stereocenters. The number of hydrogen-bond donors (Lipinski definition) is 1. The number of halogens is 3. The maximum atomic E-state index is 14.7. The SMILES string of the molecule is CC1(C)CC(=O)C2=C(C1)N(C[C@@H]1CCCO1)C(=O)[C@]2(NC(=O)CCc1ccccc1)C(F)(F)F. The van der Waals surface area contributed by atoms with Crippen LogP contribution in [0.1, 0.15) is 51.5 Å². The lowest BCUT2D eigenvalue weighted by Crippen LogP contribution is -2.66. The molecule has 0 radical (unpaired) electrons. The zero-order chi connectivity index (χ0) is 24.7. The Bertz CT molecular complexity index is 1010. The molecule has 1 saturated heterocycles. The molecule has 1 fully saturated rings. The van der Waals surface area contributed by atoms with Crippen molar-refractivity contribution in [2.45, 2.75) is 70.2 Å². The Morgan fingerprint density at radius 3 is 2.50 bits per heavy atom. The van der Waals surface area contributed by atoms with Crippen LogP contribution in [0, 0.1) is 5.41 Å². The lowest BCUT2D eigenvalue weighted by Gasteiger charge is -2.35. The second-order valence-electron chi connectivity index (χ2n) is 10.1. The summed E-state index contributed by atoms with van der Waals surface area (Å²) in [5.74, 6) is -3.01. The van der Waals surface area contributed by atoms with E-state index in [-0.39, 0.29) is 37.9 Å². The van der Waals surface area contributed by atoms with E-state index in [9.17, 15) is 27.6 Å². The Morgan fingerprint density at radius 1 is 1.18 bits per heavy atom. The Balaban J connectivity index is 1.70. The molecule has 2 amide bonds. The van der Waals surface area contributed by atoms with Crippen molar-refractivity contribution in [3.05, 3.63) is 47.2 Å². The van der Waals surface area contributed by atoms with E-state index >= 15 is 0 Å². The lowest BCUT2D eigenvalue weighted by atomic mass is 9.72. The molecule has 2 heterocycles. The van der Waals surface area contributed by atoms with Gasteiger partial charge >= 0.3 is 6.18 Å². The summed E-state index contributed by atoms with van der Waals surface area (Å²) < 4.78 is 49.8. The van der Waals surface area contributed by atoms with Gasteiger partial charge in [-0.15, -0.1) is 0 Å². The number of carbonyl (C=O) groups excluding carboxylic acids is 3. The van der Waals surface area contributed by atoms with E-state index < -0.39 is 46.4 Å². The van der Waals surface area contributed by atoms with Gasteiger partial charge in [-0.25, -0.2) is 0 Å². The van der Waals surface area contributed by atoms with Crippen molar-refractivity contribution < 1.29 is 32.3 Å². The molecule has 184 valence electrons. The number of rotatable bonds is 6. The first-order valence-electron chi connectivity index (χ1n) is 11.6. The van der Waals surface area contributed by atoms with Crippen molar-refractivity contribution >= 4 is 17.6 Å². The number of amides is 2. The number of ether oxygens (including phenoxy) is 1. The molecule has 1 aliphatic carbocycles. The third-order valence-corrected chi connectivity index (χ3v) is 6.77. The van der Waals surface area contributed by atoms with Crippen molar-refractivity contribution in [3.8, 4) is 0 Å². The van der Waals surface area contributed by atoms with Crippen LogP contribution in [-0.2, 0) is 25.5 Å². The number of ketones is 1. The number of nitrogens with zero attached hydrogens (tertiary/aromatic N) is 1. The average molecular weight is 479 g/mol. The molecule has 0 spiro atoms. The van der Waals surface area contributed by atoms with E-state index in [2.05, 4.69) is 0 Å². The van der Waals surface area contributed by atoms with Crippen LogP contribution < -0.4 is 5.32 Å². The van der Waals surface area contributed by atoms with Gasteiger partial charge in [0.15, 0.2) is 5.78 Å². The fourth-order valence-corrected chi connectivity index (χ4v) is 5.19. The maximum absolute atomic E-state index is 14.7. The van der Waals surface area contributed by atoms with Crippen LogP contribution in [0.15, 0.2) is 41.6 Å². The number of hydrogen-bond acceptors (Lipinski definition) is 4. The number of carbonyl (C=O) groups is 3. The van der Waals surface area contributed by atoms with Crippen LogP contribution in [0.5, 0.6) is 0 Å². The zero-order valence-corrected chi connectivity index (χ0v) is 19.3. The summed E-state index contributed by atoms with van der Waals surface area (Å²) in [4.78, 5) is 40.5. The van der Waals surface area contributed by atoms with Gasteiger partial charge in [-0.1, -0.05) is 44.2 Å². The highest BCUT2D eigenvalue weighted by molar-refractivity contribution is 6.13. The normalized spacial score (nSPS) is 26.7. The van der Waals surface area contributed by atoms with Gasteiger partial charge in [0, 0.05) is 25.1 Å². The molecule has 0 unspecified atom stereocenters. The van der Waals surface area contributed by atoms with Crippen LogP contribution >= 0.6 is 0 Å².